The molecule has 1 saturated heterocycles. The van der Waals surface area contributed by atoms with E-state index in [1.54, 1.807) is 11.4 Å². The molecule has 102 valence electrons. The van der Waals surface area contributed by atoms with Gasteiger partial charge in [0, 0.05) is 20.2 Å². The Labute approximate surface area is 105 Å². The smallest absolute Gasteiger partial charge is 0.214 e. The molecule has 0 amide bonds. The number of sulfonamides is 1. The highest BCUT2D eigenvalue weighted by Gasteiger charge is 2.30. The van der Waals surface area contributed by atoms with Crippen molar-refractivity contribution in [2.75, 3.05) is 46.2 Å². The number of rotatable bonds is 8. The van der Waals surface area contributed by atoms with E-state index in [0.717, 1.165) is 25.8 Å². The predicted molar refractivity (Wildman–Crippen MR) is 68.5 cm³/mol. The Bertz CT molecular complexity index is 306. The van der Waals surface area contributed by atoms with E-state index in [2.05, 4.69) is 5.32 Å². The molecule has 0 spiro atoms. The second-order valence-corrected chi connectivity index (χ2v) is 6.68. The van der Waals surface area contributed by atoms with Crippen molar-refractivity contribution in [2.24, 2.45) is 5.92 Å². The Hall–Kier alpha value is -0.170. The third-order valence-corrected chi connectivity index (χ3v) is 5.05. The van der Waals surface area contributed by atoms with E-state index in [9.17, 15) is 8.42 Å². The van der Waals surface area contributed by atoms with Gasteiger partial charge in [0.1, 0.15) is 0 Å². The number of hydrogen-bond acceptors (Lipinski definition) is 4. The number of ether oxygens (including phenoxy) is 1. The van der Waals surface area contributed by atoms with Crippen molar-refractivity contribution in [2.45, 2.75) is 19.3 Å². The monoisotopic (exact) mass is 264 g/mol. The minimum atomic E-state index is -3.04. The summed E-state index contributed by atoms with van der Waals surface area (Å²) in [5, 5.41) is 3.02. The highest BCUT2D eigenvalue weighted by atomic mass is 32.2. The first-order valence-electron chi connectivity index (χ1n) is 6.21. The van der Waals surface area contributed by atoms with Crippen molar-refractivity contribution in [3.63, 3.8) is 0 Å². The highest BCUT2D eigenvalue weighted by molar-refractivity contribution is 7.89. The van der Waals surface area contributed by atoms with Gasteiger partial charge in [-0.2, -0.15) is 0 Å². The molecule has 1 atom stereocenters. The molecule has 1 fully saturated rings. The maximum atomic E-state index is 12.0. The molecule has 17 heavy (non-hydrogen) atoms. The first-order chi connectivity index (χ1) is 8.10. The van der Waals surface area contributed by atoms with Crippen LogP contribution < -0.4 is 5.32 Å². The summed E-state index contributed by atoms with van der Waals surface area (Å²) in [7, 11) is 0.499. The minimum absolute atomic E-state index is 0.272. The van der Waals surface area contributed by atoms with Gasteiger partial charge in [-0.3, -0.25) is 0 Å². The fourth-order valence-electron chi connectivity index (χ4n) is 2.14. The van der Waals surface area contributed by atoms with Gasteiger partial charge in [-0.25, -0.2) is 12.7 Å². The van der Waals surface area contributed by atoms with Crippen LogP contribution in [0.3, 0.4) is 0 Å². The minimum Gasteiger partial charge on any atom is -0.384 e. The molecule has 0 aromatic carbocycles. The van der Waals surface area contributed by atoms with Crippen LogP contribution in [0.4, 0.5) is 0 Å². The van der Waals surface area contributed by atoms with Gasteiger partial charge in [-0.1, -0.05) is 0 Å². The fourth-order valence-corrected chi connectivity index (χ4v) is 3.79. The summed E-state index contributed by atoms with van der Waals surface area (Å²) in [6.45, 7) is 2.82. The second kappa shape index (κ2) is 7.31. The average Bonchev–Trinajstić information content (AvgIpc) is 2.74. The molecule has 6 heteroatoms. The maximum absolute atomic E-state index is 12.0. The lowest BCUT2D eigenvalue weighted by molar-refractivity contribution is 0.157. The van der Waals surface area contributed by atoms with Gasteiger partial charge in [-0.05, 0) is 38.8 Å². The van der Waals surface area contributed by atoms with Crippen LogP contribution in [0.1, 0.15) is 19.3 Å². The lowest BCUT2D eigenvalue weighted by Gasteiger charge is -2.16. The molecule has 5 nitrogen and oxygen atoms in total. The summed E-state index contributed by atoms with van der Waals surface area (Å²) < 4.78 is 30.7. The van der Waals surface area contributed by atoms with E-state index in [1.165, 1.54) is 0 Å². The largest absolute Gasteiger partial charge is 0.384 e. The quantitative estimate of drug-likeness (QED) is 0.640. The zero-order chi connectivity index (χ0) is 12.7. The summed E-state index contributed by atoms with van der Waals surface area (Å²) in [5.41, 5.74) is 0. The van der Waals surface area contributed by atoms with Crippen molar-refractivity contribution in [3.05, 3.63) is 0 Å². The Balaban J connectivity index is 2.33. The van der Waals surface area contributed by atoms with Crippen molar-refractivity contribution < 1.29 is 13.2 Å². The summed E-state index contributed by atoms with van der Waals surface area (Å²) in [6, 6.07) is 0. The average molecular weight is 264 g/mol. The number of hydrogen-bond donors (Lipinski definition) is 1. The van der Waals surface area contributed by atoms with Crippen LogP contribution in [0.2, 0.25) is 0 Å². The molecule has 0 bridgehead atoms. The zero-order valence-corrected chi connectivity index (χ0v) is 11.6. The Morgan fingerprint density at radius 1 is 1.41 bits per heavy atom. The van der Waals surface area contributed by atoms with E-state index < -0.39 is 10.0 Å². The van der Waals surface area contributed by atoms with Crippen molar-refractivity contribution >= 4 is 10.0 Å². The van der Waals surface area contributed by atoms with Crippen LogP contribution >= 0.6 is 0 Å². The molecular formula is C11H24N2O3S. The van der Waals surface area contributed by atoms with Crippen LogP contribution in [0.5, 0.6) is 0 Å². The van der Waals surface area contributed by atoms with Gasteiger partial charge in [-0.15, -0.1) is 0 Å². The van der Waals surface area contributed by atoms with Gasteiger partial charge in [0.2, 0.25) is 10.0 Å². The number of nitrogens with one attached hydrogen (secondary N) is 1. The third kappa shape index (κ3) is 4.91. The molecule has 0 aromatic heterocycles. The van der Waals surface area contributed by atoms with Crippen molar-refractivity contribution in [1.82, 2.24) is 9.62 Å². The van der Waals surface area contributed by atoms with Gasteiger partial charge in [0.25, 0.3) is 0 Å². The van der Waals surface area contributed by atoms with Crippen LogP contribution in [0, 0.1) is 5.92 Å². The molecule has 1 heterocycles. The molecule has 0 aromatic rings. The van der Waals surface area contributed by atoms with Crippen LogP contribution in [0.15, 0.2) is 0 Å². The van der Waals surface area contributed by atoms with E-state index in [4.69, 9.17) is 4.74 Å². The molecule has 1 rings (SSSR count). The predicted octanol–water partition coefficient (Wildman–Crippen LogP) is 0.284. The van der Waals surface area contributed by atoms with Gasteiger partial charge < -0.3 is 10.1 Å². The molecule has 1 aliphatic rings. The van der Waals surface area contributed by atoms with E-state index in [1.807, 2.05) is 7.05 Å². The van der Waals surface area contributed by atoms with Crippen LogP contribution in [-0.4, -0.2) is 58.9 Å². The van der Waals surface area contributed by atoms with Crippen molar-refractivity contribution in [1.29, 1.82) is 0 Å². The number of methoxy groups -OCH3 is 1. The fraction of sp³-hybridized carbons (Fsp3) is 1.00. The van der Waals surface area contributed by atoms with Gasteiger partial charge >= 0.3 is 0 Å². The SMILES string of the molecule is CNCCCCS(=O)(=O)N1CCC(COC)C1. The lowest BCUT2D eigenvalue weighted by Crippen LogP contribution is -2.31. The molecule has 0 saturated carbocycles. The molecule has 1 unspecified atom stereocenters. The van der Waals surface area contributed by atoms with Crippen LogP contribution in [0.25, 0.3) is 0 Å². The summed E-state index contributed by atoms with van der Waals surface area (Å²) in [4.78, 5) is 0. The first-order valence-corrected chi connectivity index (χ1v) is 7.82. The van der Waals surface area contributed by atoms with Crippen molar-refractivity contribution in [3.8, 4) is 0 Å². The standard InChI is InChI=1S/C11H24N2O3S/c1-12-6-3-4-8-17(14,15)13-7-5-11(9-13)10-16-2/h11-12H,3-10H2,1-2H3. The van der Waals surface area contributed by atoms with Gasteiger partial charge in [0.15, 0.2) is 0 Å². The van der Waals surface area contributed by atoms with E-state index >= 15 is 0 Å². The lowest BCUT2D eigenvalue weighted by atomic mass is 10.1. The summed E-state index contributed by atoms with van der Waals surface area (Å²) in [6.07, 6.45) is 2.56. The topological polar surface area (TPSA) is 58.6 Å². The third-order valence-electron chi connectivity index (χ3n) is 3.12. The van der Waals surface area contributed by atoms with E-state index in [0.29, 0.717) is 25.6 Å². The Morgan fingerprint density at radius 2 is 2.18 bits per heavy atom. The Morgan fingerprint density at radius 3 is 2.82 bits per heavy atom. The van der Waals surface area contributed by atoms with Crippen LogP contribution in [-0.2, 0) is 14.8 Å². The maximum Gasteiger partial charge on any atom is 0.214 e. The first kappa shape index (κ1) is 14.9. The summed E-state index contributed by atoms with van der Waals surface area (Å²) >= 11 is 0. The Kier molecular flexibility index (Phi) is 6.40. The molecule has 1 aliphatic heterocycles. The molecule has 0 aliphatic carbocycles. The highest BCUT2D eigenvalue weighted by Crippen LogP contribution is 2.20. The van der Waals surface area contributed by atoms with Gasteiger partial charge in [0.05, 0.1) is 12.4 Å². The van der Waals surface area contributed by atoms with E-state index in [-0.39, 0.29) is 5.75 Å². The number of unbranched alkanes of at least 4 members (excludes halogenated alkanes) is 1. The summed E-state index contributed by atoms with van der Waals surface area (Å²) in [5.74, 6) is 0.640. The molecule has 0 radical (unpaired) electrons. The number of nitrogens with zero attached hydrogens (tertiary/aromatic N) is 1. The zero-order valence-electron chi connectivity index (χ0n) is 10.8. The molecule has 1 N–H and O–H groups in total. The normalized spacial score (nSPS) is 22.1. The molecular weight excluding hydrogens is 240 g/mol. The second-order valence-electron chi connectivity index (χ2n) is 4.59.